The van der Waals surface area contributed by atoms with E-state index < -0.39 is 0 Å². The van der Waals surface area contributed by atoms with E-state index >= 15 is 0 Å². The van der Waals surface area contributed by atoms with Gasteiger partial charge in [-0.15, -0.1) is 0 Å². The van der Waals surface area contributed by atoms with Crippen LogP contribution in [0, 0.1) is 11.3 Å². The molecule has 0 saturated carbocycles. The van der Waals surface area contributed by atoms with E-state index in [0.717, 1.165) is 10.2 Å². The quantitative estimate of drug-likeness (QED) is 0.878. The van der Waals surface area contributed by atoms with E-state index in [1.807, 2.05) is 31.3 Å². The average molecular weight is 318 g/mol. The molecule has 1 aromatic carbocycles. The van der Waals surface area contributed by atoms with Gasteiger partial charge in [0.2, 0.25) is 0 Å². The van der Waals surface area contributed by atoms with Crippen molar-refractivity contribution in [1.29, 1.82) is 5.26 Å². The third kappa shape index (κ3) is 3.42. The van der Waals surface area contributed by atoms with Gasteiger partial charge in [-0.25, -0.2) is 9.97 Å². The zero-order chi connectivity index (χ0) is 13.7. The zero-order valence-electron chi connectivity index (χ0n) is 10.3. The predicted molar refractivity (Wildman–Crippen MR) is 78.3 cm³/mol. The topological polar surface area (TPSA) is 64.8 Å². The molecular formula is C13H12BrN5. The lowest BCUT2D eigenvalue weighted by Gasteiger charge is -2.15. The molecule has 0 aliphatic rings. The van der Waals surface area contributed by atoms with Crippen molar-refractivity contribution in [2.75, 3.05) is 23.8 Å². The number of rotatable bonds is 4. The largest absolute Gasteiger partial charge is 0.346 e. The van der Waals surface area contributed by atoms with Crippen molar-refractivity contribution in [3.8, 4) is 6.07 Å². The smallest absolute Gasteiger partial charge is 0.135 e. The molecule has 2 aromatic rings. The van der Waals surface area contributed by atoms with Gasteiger partial charge < -0.3 is 10.2 Å². The van der Waals surface area contributed by atoms with Crippen LogP contribution in [0.2, 0.25) is 0 Å². The van der Waals surface area contributed by atoms with Crippen molar-refractivity contribution in [3.63, 3.8) is 0 Å². The monoisotopic (exact) mass is 317 g/mol. The summed E-state index contributed by atoms with van der Waals surface area (Å²) in [6.45, 7) is 0.283. The minimum absolute atomic E-state index is 0.283. The molecule has 0 fully saturated rings. The molecule has 0 amide bonds. The molecule has 0 unspecified atom stereocenters. The summed E-state index contributed by atoms with van der Waals surface area (Å²) in [5, 5.41) is 11.9. The summed E-state index contributed by atoms with van der Waals surface area (Å²) < 4.78 is 0.959. The molecular weight excluding hydrogens is 306 g/mol. The van der Waals surface area contributed by atoms with Crippen LogP contribution >= 0.6 is 15.9 Å². The Balaban J connectivity index is 2.20. The first kappa shape index (κ1) is 13.3. The molecule has 19 heavy (non-hydrogen) atoms. The molecule has 6 heteroatoms. The second-order valence-electron chi connectivity index (χ2n) is 3.88. The molecule has 0 aliphatic heterocycles. The highest BCUT2D eigenvalue weighted by Gasteiger charge is 2.05. The van der Waals surface area contributed by atoms with Gasteiger partial charge in [0.1, 0.15) is 24.5 Å². The molecule has 1 N–H and O–H groups in total. The number of benzene rings is 1. The molecule has 96 valence electrons. The molecule has 0 bridgehead atoms. The fourth-order valence-corrected chi connectivity index (χ4v) is 1.90. The van der Waals surface area contributed by atoms with E-state index in [1.165, 1.54) is 6.33 Å². The summed E-state index contributed by atoms with van der Waals surface area (Å²) in [4.78, 5) is 10.1. The molecule has 0 atom stereocenters. The molecule has 5 nitrogen and oxygen atoms in total. The van der Waals surface area contributed by atoms with Crippen LogP contribution in [0.15, 0.2) is 41.1 Å². The Morgan fingerprint density at radius 1 is 1.37 bits per heavy atom. The second-order valence-corrected chi connectivity index (χ2v) is 4.73. The molecule has 0 saturated heterocycles. The summed E-state index contributed by atoms with van der Waals surface area (Å²) in [5.41, 5.74) is 0.926. The Morgan fingerprint density at radius 3 is 2.89 bits per heavy atom. The summed E-state index contributed by atoms with van der Waals surface area (Å²) in [6, 6.07) is 11.7. The third-order valence-electron chi connectivity index (χ3n) is 2.49. The van der Waals surface area contributed by atoms with Crippen molar-refractivity contribution in [3.05, 3.63) is 41.1 Å². The van der Waals surface area contributed by atoms with Crippen LogP contribution in [-0.2, 0) is 0 Å². The fourth-order valence-electron chi connectivity index (χ4n) is 1.51. The highest BCUT2D eigenvalue weighted by Crippen LogP contribution is 2.25. The van der Waals surface area contributed by atoms with E-state index in [-0.39, 0.29) is 6.54 Å². The van der Waals surface area contributed by atoms with Crippen LogP contribution in [-0.4, -0.2) is 23.6 Å². The van der Waals surface area contributed by atoms with Gasteiger partial charge in [-0.05, 0) is 28.1 Å². The van der Waals surface area contributed by atoms with Gasteiger partial charge in [0.15, 0.2) is 0 Å². The zero-order valence-corrected chi connectivity index (χ0v) is 11.9. The van der Waals surface area contributed by atoms with Gasteiger partial charge in [-0.2, -0.15) is 5.26 Å². The van der Waals surface area contributed by atoms with E-state index in [0.29, 0.717) is 11.6 Å². The van der Waals surface area contributed by atoms with E-state index in [1.54, 1.807) is 11.0 Å². The van der Waals surface area contributed by atoms with Crippen LogP contribution < -0.4 is 10.2 Å². The number of nitrogens with one attached hydrogen (secondary N) is 1. The predicted octanol–water partition coefficient (Wildman–Crippen LogP) is 2.94. The second kappa shape index (κ2) is 6.16. The van der Waals surface area contributed by atoms with Gasteiger partial charge in [0, 0.05) is 17.6 Å². The Kier molecular flexibility index (Phi) is 4.31. The minimum Gasteiger partial charge on any atom is -0.346 e. The number of hydrogen-bond acceptors (Lipinski definition) is 5. The van der Waals surface area contributed by atoms with E-state index in [4.69, 9.17) is 5.26 Å². The van der Waals surface area contributed by atoms with Crippen LogP contribution in [0.1, 0.15) is 0 Å². The van der Waals surface area contributed by atoms with Gasteiger partial charge in [0.05, 0.1) is 11.8 Å². The Morgan fingerprint density at radius 2 is 2.16 bits per heavy atom. The number of nitrogens with zero attached hydrogens (tertiary/aromatic N) is 4. The third-order valence-corrected chi connectivity index (χ3v) is 3.18. The lowest BCUT2D eigenvalue weighted by molar-refractivity contribution is 0.981. The van der Waals surface area contributed by atoms with Gasteiger partial charge in [0.25, 0.3) is 0 Å². The summed E-state index contributed by atoms with van der Waals surface area (Å²) in [7, 11) is 1.81. The number of anilines is 3. The number of aromatic nitrogens is 2. The highest BCUT2D eigenvalue weighted by molar-refractivity contribution is 9.10. The van der Waals surface area contributed by atoms with E-state index in [2.05, 4.69) is 37.3 Å². The summed E-state index contributed by atoms with van der Waals surface area (Å²) in [6.07, 6.45) is 1.47. The minimum atomic E-state index is 0.283. The van der Waals surface area contributed by atoms with Gasteiger partial charge >= 0.3 is 0 Å². The van der Waals surface area contributed by atoms with Gasteiger partial charge in [-0.3, -0.25) is 0 Å². The fraction of sp³-hybridized carbons (Fsp3) is 0.154. The normalized spacial score (nSPS) is 9.74. The van der Waals surface area contributed by atoms with Crippen molar-refractivity contribution in [2.24, 2.45) is 0 Å². The first-order valence-corrected chi connectivity index (χ1v) is 6.41. The molecule has 0 radical (unpaired) electrons. The van der Waals surface area contributed by atoms with Crippen LogP contribution in [0.25, 0.3) is 0 Å². The highest BCUT2D eigenvalue weighted by atomic mass is 79.9. The van der Waals surface area contributed by atoms with Gasteiger partial charge in [-0.1, -0.05) is 12.1 Å². The summed E-state index contributed by atoms with van der Waals surface area (Å²) >= 11 is 3.47. The maximum atomic E-state index is 8.68. The van der Waals surface area contributed by atoms with Crippen molar-refractivity contribution in [1.82, 2.24) is 9.97 Å². The number of hydrogen-bond donors (Lipinski definition) is 1. The van der Waals surface area contributed by atoms with Crippen molar-refractivity contribution in [2.45, 2.75) is 0 Å². The SMILES string of the molecule is CN(CC#N)c1cc(Nc2ccccc2Br)ncn1. The molecule has 2 rings (SSSR count). The Bertz CT molecular complexity index is 608. The first-order chi connectivity index (χ1) is 9.20. The Labute approximate surface area is 120 Å². The van der Waals surface area contributed by atoms with Crippen LogP contribution in [0.4, 0.5) is 17.3 Å². The lowest BCUT2D eigenvalue weighted by Crippen LogP contribution is -2.18. The first-order valence-electron chi connectivity index (χ1n) is 5.62. The average Bonchev–Trinajstić information content (AvgIpc) is 2.42. The lowest BCUT2D eigenvalue weighted by atomic mass is 10.3. The molecule has 0 spiro atoms. The van der Waals surface area contributed by atoms with Crippen LogP contribution in [0.3, 0.4) is 0 Å². The summed E-state index contributed by atoms with van der Waals surface area (Å²) in [5.74, 6) is 1.38. The maximum Gasteiger partial charge on any atom is 0.135 e. The standard InChI is InChI=1S/C13H12BrN5/c1-19(7-6-15)13-8-12(16-9-17-13)18-11-5-3-2-4-10(11)14/h2-5,8-9H,7H2,1H3,(H,16,17,18). The van der Waals surface area contributed by atoms with E-state index in [9.17, 15) is 0 Å². The van der Waals surface area contributed by atoms with Crippen LogP contribution in [0.5, 0.6) is 0 Å². The molecule has 0 aliphatic carbocycles. The molecule has 1 aromatic heterocycles. The number of halogens is 1. The van der Waals surface area contributed by atoms with Crippen molar-refractivity contribution < 1.29 is 0 Å². The molecule has 1 heterocycles. The maximum absolute atomic E-state index is 8.68. The Hall–Kier alpha value is -2.13. The number of para-hydroxylation sites is 1. The number of nitriles is 1. The van der Waals surface area contributed by atoms with Crippen molar-refractivity contribution >= 4 is 33.3 Å².